The first-order valence-corrected chi connectivity index (χ1v) is 11.0. The number of carbonyl (C=O) groups is 3. The van der Waals surface area contributed by atoms with Gasteiger partial charge < -0.3 is 23.7 Å². The molecule has 1 aliphatic heterocycles. The Kier molecular flexibility index (Phi) is 7.87. The predicted molar refractivity (Wildman–Crippen MR) is 124 cm³/mol. The lowest BCUT2D eigenvalue weighted by molar-refractivity contribution is -0.260. The quantitative estimate of drug-likeness (QED) is 0.376. The third kappa shape index (κ3) is 5.92. The summed E-state index contributed by atoms with van der Waals surface area (Å²) in [6.45, 7) is -0.136. The maximum atomic E-state index is 12.9. The normalized spacial score (nSPS) is 21.5. The van der Waals surface area contributed by atoms with Gasteiger partial charge in [0.2, 0.25) is 0 Å². The van der Waals surface area contributed by atoms with Crippen LogP contribution in [0.3, 0.4) is 0 Å². The molecule has 35 heavy (non-hydrogen) atoms. The highest BCUT2D eigenvalue weighted by Crippen LogP contribution is 2.27. The molecular formula is C27H24O8. The Bertz CT molecular complexity index is 1130. The fourth-order valence-corrected chi connectivity index (χ4v) is 3.63. The molecule has 0 radical (unpaired) electrons. The zero-order chi connectivity index (χ0) is 24.6. The van der Waals surface area contributed by atoms with Gasteiger partial charge >= 0.3 is 17.9 Å². The molecule has 4 rings (SSSR count). The van der Waals surface area contributed by atoms with E-state index in [-0.39, 0.29) is 12.2 Å². The molecule has 0 spiro atoms. The topological polar surface area (TPSA) is 97.4 Å². The molecule has 1 aliphatic rings. The number of benzene rings is 3. The van der Waals surface area contributed by atoms with Crippen molar-refractivity contribution >= 4 is 17.9 Å². The van der Waals surface area contributed by atoms with Gasteiger partial charge in [-0.05, 0) is 36.4 Å². The van der Waals surface area contributed by atoms with E-state index < -0.39 is 42.5 Å². The van der Waals surface area contributed by atoms with Crippen LogP contribution in [-0.2, 0) is 23.7 Å². The van der Waals surface area contributed by atoms with E-state index in [0.29, 0.717) is 11.1 Å². The molecule has 180 valence electrons. The third-order valence-electron chi connectivity index (χ3n) is 5.39. The molecule has 0 saturated carbocycles. The zero-order valence-corrected chi connectivity index (χ0v) is 18.9. The number of carbonyl (C=O) groups excluding carboxylic acids is 3. The van der Waals surface area contributed by atoms with Gasteiger partial charge in [0.05, 0.1) is 23.3 Å². The van der Waals surface area contributed by atoms with Crippen LogP contribution in [0, 0.1) is 0 Å². The molecule has 8 nitrogen and oxygen atoms in total. The van der Waals surface area contributed by atoms with Crippen molar-refractivity contribution in [2.45, 2.75) is 24.6 Å². The maximum absolute atomic E-state index is 12.9. The Morgan fingerprint density at radius 1 is 0.629 bits per heavy atom. The maximum Gasteiger partial charge on any atom is 0.338 e. The second kappa shape index (κ2) is 11.4. The highest BCUT2D eigenvalue weighted by atomic mass is 16.7. The smallest absolute Gasteiger partial charge is 0.338 e. The number of methoxy groups -OCH3 is 1. The van der Waals surface area contributed by atoms with E-state index in [1.165, 1.54) is 7.11 Å². The predicted octanol–water partition coefficient (Wildman–Crippen LogP) is 3.67. The van der Waals surface area contributed by atoms with Crippen LogP contribution in [0.2, 0.25) is 0 Å². The van der Waals surface area contributed by atoms with E-state index in [4.69, 9.17) is 23.7 Å². The monoisotopic (exact) mass is 476 g/mol. The van der Waals surface area contributed by atoms with E-state index >= 15 is 0 Å². The molecule has 4 atom stereocenters. The van der Waals surface area contributed by atoms with Gasteiger partial charge in [-0.15, -0.1) is 0 Å². The summed E-state index contributed by atoms with van der Waals surface area (Å²) in [7, 11) is 1.38. The van der Waals surface area contributed by atoms with Crippen molar-refractivity contribution in [2.75, 3.05) is 13.7 Å². The summed E-state index contributed by atoms with van der Waals surface area (Å²) < 4.78 is 28.1. The first kappa shape index (κ1) is 24.1. The third-order valence-corrected chi connectivity index (χ3v) is 5.39. The van der Waals surface area contributed by atoms with Gasteiger partial charge in [-0.1, -0.05) is 54.6 Å². The summed E-state index contributed by atoms with van der Waals surface area (Å²) in [4.78, 5) is 38.5. The van der Waals surface area contributed by atoms with E-state index in [1.54, 1.807) is 91.0 Å². The molecule has 1 fully saturated rings. The zero-order valence-electron chi connectivity index (χ0n) is 18.9. The number of rotatable bonds is 7. The summed E-state index contributed by atoms with van der Waals surface area (Å²) >= 11 is 0. The summed E-state index contributed by atoms with van der Waals surface area (Å²) in [5, 5.41) is 0. The highest BCUT2D eigenvalue weighted by molar-refractivity contribution is 5.91. The van der Waals surface area contributed by atoms with Gasteiger partial charge in [-0.25, -0.2) is 14.4 Å². The summed E-state index contributed by atoms with van der Waals surface area (Å²) in [6.07, 6.45) is -4.51. The lowest BCUT2D eigenvalue weighted by Gasteiger charge is -2.40. The molecule has 8 heteroatoms. The van der Waals surface area contributed by atoms with Gasteiger partial charge in [0, 0.05) is 7.11 Å². The van der Waals surface area contributed by atoms with Gasteiger partial charge in [0.1, 0.15) is 0 Å². The molecule has 0 bridgehead atoms. The van der Waals surface area contributed by atoms with Crippen LogP contribution in [0.4, 0.5) is 0 Å². The fourth-order valence-electron chi connectivity index (χ4n) is 3.63. The van der Waals surface area contributed by atoms with Gasteiger partial charge in [0.25, 0.3) is 0 Å². The van der Waals surface area contributed by atoms with E-state index in [0.717, 1.165) is 0 Å². The van der Waals surface area contributed by atoms with Gasteiger partial charge in [0.15, 0.2) is 24.6 Å². The minimum Gasteiger partial charge on any atom is -0.452 e. The molecule has 1 saturated heterocycles. The van der Waals surface area contributed by atoms with Crippen LogP contribution in [0.25, 0.3) is 0 Å². The van der Waals surface area contributed by atoms with Crippen molar-refractivity contribution in [1.82, 2.24) is 0 Å². The SMILES string of the molecule is CO[C@@H]1OC[C@H](OC(=O)c2ccccc2)[C@H](OC(=O)c2ccccc2)[C@H]1OC(=O)c1ccccc1. The van der Waals surface area contributed by atoms with E-state index in [9.17, 15) is 14.4 Å². The Labute approximate surface area is 202 Å². The highest BCUT2D eigenvalue weighted by Gasteiger charge is 2.48. The lowest BCUT2D eigenvalue weighted by Crippen LogP contribution is -2.58. The Hall–Kier alpha value is -4.01. The van der Waals surface area contributed by atoms with Crippen LogP contribution in [0.5, 0.6) is 0 Å². The molecule has 0 amide bonds. The van der Waals surface area contributed by atoms with Crippen LogP contribution >= 0.6 is 0 Å². The molecule has 0 aliphatic carbocycles. The average molecular weight is 476 g/mol. The van der Waals surface area contributed by atoms with Crippen molar-refractivity contribution in [3.05, 3.63) is 108 Å². The number of hydrogen-bond donors (Lipinski definition) is 0. The van der Waals surface area contributed by atoms with Crippen molar-refractivity contribution in [3.8, 4) is 0 Å². The summed E-state index contributed by atoms with van der Waals surface area (Å²) in [6, 6.07) is 25.0. The van der Waals surface area contributed by atoms with Crippen LogP contribution < -0.4 is 0 Å². The summed E-state index contributed by atoms with van der Waals surface area (Å²) in [5.41, 5.74) is 0.889. The second-order valence-electron chi connectivity index (χ2n) is 7.72. The molecule has 1 heterocycles. The average Bonchev–Trinajstić information content (AvgIpc) is 2.91. The van der Waals surface area contributed by atoms with Crippen molar-refractivity contribution in [1.29, 1.82) is 0 Å². The number of ether oxygens (including phenoxy) is 5. The van der Waals surface area contributed by atoms with E-state index in [1.807, 2.05) is 0 Å². The minimum absolute atomic E-state index is 0.136. The molecule has 0 aromatic heterocycles. The van der Waals surface area contributed by atoms with Crippen LogP contribution in [0.1, 0.15) is 31.1 Å². The van der Waals surface area contributed by atoms with Gasteiger partial charge in [-0.3, -0.25) is 0 Å². The minimum atomic E-state index is -1.21. The van der Waals surface area contributed by atoms with E-state index in [2.05, 4.69) is 0 Å². The molecule has 0 unspecified atom stereocenters. The van der Waals surface area contributed by atoms with Crippen molar-refractivity contribution < 1.29 is 38.1 Å². The first-order chi connectivity index (χ1) is 17.1. The standard InChI is InChI=1S/C27H24O8/c1-31-27-23(35-26(30)20-15-9-4-10-16-20)22(34-25(29)19-13-7-3-8-14-19)21(17-32-27)33-24(28)18-11-5-2-6-12-18/h2-16,21-23,27H,17H2,1H3/t21-,22-,23+,27+/m0/s1. The Morgan fingerprint density at radius 2 is 1.03 bits per heavy atom. The van der Waals surface area contributed by atoms with Crippen molar-refractivity contribution in [2.24, 2.45) is 0 Å². The fraction of sp³-hybridized carbons (Fsp3) is 0.222. The summed E-state index contributed by atoms with van der Waals surface area (Å²) in [5.74, 6) is -1.98. The molecular weight excluding hydrogens is 452 g/mol. The number of hydrogen-bond acceptors (Lipinski definition) is 8. The van der Waals surface area contributed by atoms with Crippen molar-refractivity contribution in [3.63, 3.8) is 0 Å². The largest absolute Gasteiger partial charge is 0.452 e. The molecule has 3 aromatic rings. The van der Waals surface area contributed by atoms with Gasteiger partial charge in [-0.2, -0.15) is 0 Å². The first-order valence-electron chi connectivity index (χ1n) is 11.0. The molecule has 0 N–H and O–H groups in total. The number of esters is 3. The Balaban J connectivity index is 1.62. The molecule has 3 aromatic carbocycles. The second-order valence-corrected chi connectivity index (χ2v) is 7.72. The van der Waals surface area contributed by atoms with Crippen LogP contribution in [0.15, 0.2) is 91.0 Å². The Morgan fingerprint density at radius 3 is 1.46 bits per heavy atom. The lowest BCUT2D eigenvalue weighted by atomic mass is 10.0. The van der Waals surface area contributed by atoms with Crippen LogP contribution in [-0.4, -0.2) is 56.2 Å².